The topological polar surface area (TPSA) is 140 Å². The molecule has 0 radical (unpaired) electrons. The molecule has 0 saturated heterocycles. The molecule has 0 fully saturated rings. The lowest BCUT2D eigenvalue weighted by Crippen LogP contribution is -2.24. The number of carboxylic acids is 1. The first-order valence-corrected chi connectivity index (χ1v) is 7.97. The molecule has 1 atom stereocenters. The third-order valence-corrected chi connectivity index (χ3v) is 3.56. The van der Waals surface area contributed by atoms with Gasteiger partial charge in [0.25, 0.3) is 11.6 Å². The van der Waals surface area contributed by atoms with Crippen LogP contribution in [0.15, 0.2) is 47.6 Å². The Hall–Kier alpha value is -3.95. The number of non-ortho nitro benzene ring substituents is 1. The minimum atomic E-state index is -1.16. The molecule has 2 rings (SSSR count). The van der Waals surface area contributed by atoms with E-state index in [-0.39, 0.29) is 17.0 Å². The fraction of sp³-hybridized carbons (Fsp3) is 0.167. The molecule has 146 valence electrons. The minimum Gasteiger partial charge on any atom is -0.493 e. The number of ether oxygens (including phenoxy) is 2. The molecule has 10 heteroatoms. The van der Waals surface area contributed by atoms with E-state index >= 15 is 0 Å². The summed E-state index contributed by atoms with van der Waals surface area (Å²) in [5.41, 5.74) is 2.46. The zero-order valence-corrected chi connectivity index (χ0v) is 15.0. The Labute approximate surface area is 159 Å². The van der Waals surface area contributed by atoms with Gasteiger partial charge >= 0.3 is 5.97 Å². The first-order valence-electron chi connectivity index (χ1n) is 7.97. The number of methoxy groups -OCH3 is 1. The van der Waals surface area contributed by atoms with Crippen LogP contribution in [0.5, 0.6) is 11.5 Å². The van der Waals surface area contributed by atoms with Gasteiger partial charge < -0.3 is 14.6 Å². The normalized spacial score (nSPS) is 11.6. The van der Waals surface area contributed by atoms with Gasteiger partial charge in [-0.25, -0.2) is 10.2 Å². The summed E-state index contributed by atoms with van der Waals surface area (Å²) in [6, 6.07) is 10.0. The summed E-state index contributed by atoms with van der Waals surface area (Å²) in [6.07, 6.45) is 0.115. The number of carbonyl (C=O) groups excluding carboxylic acids is 1. The second-order valence-electron chi connectivity index (χ2n) is 5.48. The van der Waals surface area contributed by atoms with Crippen molar-refractivity contribution in [3.63, 3.8) is 0 Å². The number of benzene rings is 2. The molecule has 0 aliphatic heterocycles. The van der Waals surface area contributed by atoms with Crippen molar-refractivity contribution in [2.45, 2.75) is 13.0 Å². The van der Waals surface area contributed by atoms with Gasteiger partial charge in [-0.05, 0) is 25.1 Å². The molecule has 0 bridgehead atoms. The SMILES string of the molecule is COc1cccc(/C=N\NC(=O)c2cccc([N+](=O)[O-])c2)c1O[C@@H](C)C(=O)O. The number of rotatable bonds is 8. The van der Waals surface area contributed by atoms with Crippen LogP contribution in [0.3, 0.4) is 0 Å². The monoisotopic (exact) mass is 387 g/mol. The van der Waals surface area contributed by atoms with E-state index in [0.29, 0.717) is 11.3 Å². The Kier molecular flexibility index (Phi) is 6.63. The number of hydrogen-bond acceptors (Lipinski definition) is 7. The lowest BCUT2D eigenvalue weighted by molar-refractivity contribution is -0.384. The second-order valence-corrected chi connectivity index (χ2v) is 5.48. The van der Waals surface area contributed by atoms with Crippen LogP contribution >= 0.6 is 0 Å². The van der Waals surface area contributed by atoms with Gasteiger partial charge in [0, 0.05) is 23.3 Å². The lowest BCUT2D eigenvalue weighted by Gasteiger charge is -2.15. The van der Waals surface area contributed by atoms with Crippen molar-refractivity contribution in [1.29, 1.82) is 0 Å². The van der Waals surface area contributed by atoms with Crippen LogP contribution in [0, 0.1) is 10.1 Å². The van der Waals surface area contributed by atoms with E-state index in [2.05, 4.69) is 10.5 Å². The highest BCUT2D eigenvalue weighted by Gasteiger charge is 2.18. The summed E-state index contributed by atoms with van der Waals surface area (Å²) in [4.78, 5) is 33.3. The average molecular weight is 387 g/mol. The molecule has 28 heavy (non-hydrogen) atoms. The lowest BCUT2D eigenvalue weighted by atomic mass is 10.2. The van der Waals surface area contributed by atoms with E-state index in [9.17, 15) is 19.7 Å². The zero-order valence-electron chi connectivity index (χ0n) is 15.0. The van der Waals surface area contributed by atoms with E-state index in [1.54, 1.807) is 18.2 Å². The summed E-state index contributed by atoms with van der Waals surface area (Å²) >= 11 is 0. The van der Waals surface area contributed by atoms with Crippen LogP contribution in [0.4, 0.5) is 5.69 Å². The number of nitro benzene ring substituents is 1. The number of carboxylic acid groups (broad SMARTS) is 1. The van der Waals surface area contributed by atoms with Gasteiger partial charge in [0.2, 0.25) is 0 Å². The Morgan fingerprint density at radius 2 is 2.00 bits per heavy atom. The highest BCUT2D eigenvalue weighted by Crippen LogP contribution is 2.31. The molecule has 0 saturated carbocycles. The molecule has 2 aromatic rings. The summed E-state index contributed by atoms with van der Waals surface area (Å²) in [5.74, 6) is -1.37. The Morgan fingerprint density at radius 1 is 1.29 bits per heavy atom. The Balaban J connectivity index is 2.19. The van der Waals surface area contributed by atoms with Crippen LogP contribution < -0.4 is 14.9 Å². The number of para-hydroxylation sites is 1. The van der Waals surface area contributed by atoms with Crippen LogP contribution in [-0.4, -0.2) is 41.3 Å². The highest BCUT2D eigenvalue weighted by molar-refractivity contribution is 5.95. The summed E-state index contributed by atoms with van der Waals surface area (Å²) in [7, 11) is 1.40. The number of amides is 1. The van der Waals surface area contributed by atoms with Crippen molar-refractivity contribution in [2.24, 2.45) is 5.10 Å². The molecule has 2 aromatic carbocycles. The van der Waals surface area contributed by atoms with E-state index in [1.807, 2.05) is 0 Å². The molecule has 10 nitrogen and oxygen atoms in total. The molecular formula is C18H17N3O7. The molecule has 0 aromatic heterocycles. The van der Waals surface area contributed by atoms with Crippen molar-refractivity contribution in [3.05, 3.63) is 63.7 Å². The second kappa shape index (κ2) is 9.12. The maximum absolute atomic E-state index is 12.1. The number of nitro groups is 1. The number of carbonyl (C=O) groups is 2. The summed E-state index contributed by atoms with van der Waals surface area (Å²) in [6.45, 7) is 1.36. The first kappa shape index (κ1) is 20.4. The smallest absolute Gasteiger partial charge is 0.344 e. The van der Waals surface area contributed by atoms with Gasteiger partial charge in [0.1, 0.15) is 0 Å². The zero-order chi connectivity index (χ0) is 20.7. The predicted molar refractivity (Wildman–Crippen MR) is 98.9 cm³/mol. The molecule has 0 unspecified atom stereocenters. The van der Waals surface area contributed by atoms with E-state index < -0.39 is 22.9 Å². The quantitative estimate of drug-likeness (QED) is 0.402. The van der Waals surface area contributed by atoms with Crippen LogP contribution in [0.2, 0.25) is 0 Å². The van der Waals surface area contributed by atoms with Gasteiger partial charge in [-0.15, -0.1) is 0 Å². The van der Waals surface area contributed by atoms with Crippen molar-refractivity contribution < 1.29 is 29.1 Å². The van der Waals surface area contributed by atoms with E-state index in [4.69, 9.17) is 14.6 Å². The third kappa shape index (κ3) is 5.04. The number of aliphatic carboxylic acids is 1. The van der Waals surface area contributed by atoms with Crippen molar-refractivity contribution >= 4 is 23.8 Å². The standard InChI is InChI=1S/C18H17N3O7/c1-11(18(23)24)28-16-13(6-4-8-15(16)27-2)10-19-20-17(22)12-5-3-7-14(9-12)21(25)26/h3-11H,1-2H3,(H,20,22)(H,23,24)/b19-10-/t11-/m0/s1. The molecule has 2 N–H and O–H groups in total. The van der Waals surface area contributed by atoms with Crippen LogP contribution in [-0.2, 0) is 4.79 Å². The third-order valence-electron chi connectivity index (χ3n) is 3.56. The molecule has 0 spiro atoms. The predicted octanol–water partition coefficient (Wildman–Crippen LogP) is 2.22. The number of hydrazone groups is 1. The fourth-order valence-electron chi connectivity index (χ4n) is 2.13. The Morgan fingerprint density at radius 3 is 2.64 bits per heavy atom. The molecule has 0 aliphatic rings. The van der Waals surface area contributed by atoms with Crippen LogP contribution in [0.1, 0.15) is 22.8 Å². The molecule has 0 aliphatic carbocycles. The van der Waals surface area contributed by atoms with E-state index in [1.165, 1.54) is 38.4 Å². The Bertz CT molecular complexity index is 927. The van der Waals surface area contributed by atoms with Crippen molar-refractivity contribution in [2.75, 3.05) is 7.11 Å². The summed E-state index contributed by atoms with van der Waals surface area (Å²) < 4.78 is 10.6. The van der Waals surface area contributed by atoms with Gasteiger partial charge in [-0.3, -0.25) is 14.9 Å². The number of hydrogen-bond donors (Lipinski definition) is 2. The summed E-state index contributed by atoms with van der Waals surface area (Å²) in [5, 5.41) is 23.6. The molecule has 0 heterocycles. The highest BCUT2D eigenvalue weighted by atomic mass is 16.6. The van der Waals surface area contributed by atoms with Gasteiger partial charge in [-0.1, -0.05) is 12.1 Å². The van der Waals surface area contributed by atoms with Crippen molar-refractivity contribution in [3.8, 4) is 11.5 Å². The molecular weight excluding hydrogens is 370 g/mol. The molecule has 1 amide bonds. The van der Waals surface area contributed by atoms with E-state index in [0.717, 1.165) is 6.07 Å². The minimum absolute atomic E-state index is 0.0629. The van der Waals surface area contributed by atoms with Gasteiger partial charge in [0.15, 0.2) is 17.6 Å². The van der Waals surface area contributed by atoms with Crippen molar-refractivity contribution in [1.82, 2.24) is 5.43 Å². The maximum Gasteiger partial charge on any atom is 0.344 e. The number of nitrogens with zero attached hydrogens (tertiary/aromatic N) is 2. The van der Waals surface area contributed by atoms with Crippen LogP contribution in [0.25, 0.3) is 0 Å². The fourth-order valence-corrected chi connectivity index (χ4v) is 2.13. The average Bonchev–Trinajstić information content (AvgIpc) is 2.68. The largest absolute Gasteiger partial charge is 0.493 e. The maximum atomic E-state index is 12.1. The van der Waals surface area contributed by atoms with Gasteiger partial charge in [0.05, 0.1) is 18.2 Å². The first-order chi connectivity index (χ1) is 13.3. The van der Waals surface area contributed by atoms with Gasteiger partial charge in [-0.2, -0.15) is 5.10 Å². The number of nitrogens with one attached hydrogen (secondary N) is 1.